The predicted octanol–water partition coefficient (Wildman–Crippen LogP) is 2.63. The van der Waals surface area contributed by atoms with Crippen LogP contribution in [0.1, 0.15) is 35.7 Å². The summed E-state index contributed by atoms with van der Waals surface area (Å²) in [4.78, 5) is 12.1. The Morgan fingerprint density at radius 1 is 1.28 bits per heavy atom. The van der Waals surface area contributed by atoms with Crippen molar-refractivity contribution in [2.75, 3.05) is 19.8 Å². The summed E-state index contributed by atoms with van der Waals surface area (Å²) in [5.74, 6) is 0.0248. The van der Waals surface area contributed by atoms with E-state index < -0.39 is 6.10 Å². The lowest BCUT2D eigenvalue weighted by Crippen LogP contribution is -2.35. The third-order valence-corrected chi connectivity index (χ3v) is 3.17. The first kappa shape index (κ1) is 13.2. The second kappa shape index (κ2) is 6.66. The van der Waals surface area contributed by atoms with Crippen molar-refractivity contribution in [3.05, 3.63) is 35.4 Å². The Labute approximate surface area is 108 Å². The maximum atomic E-state index is 12.1. The molecule has 1 aliphatic rings. The SMILES string of the molecule is CCCCc1ccc(C(=O)C2COCCO2)cc1. The van der Waals surface area contributed by atoms with Crippen molar-refractivity contribution in [1.82, 2.24) is 0 Å². The first-order chi connectivity index (χ1) is 8.81. The molecule has 98 valence electrons. The summed E-state index contributed by atoms with van der Waals surface area (Å²) in [6, 6.07) is 7.86. The highest BCUT2D eigenvalue weighted by atomic mass is 16.6. The van der Waals surface area contributed by atoms with E-state index >= 15 is 0 Å². The van der Waals surface area contributed by atoms with Crippen LogP contribution in [0.2, 0.25) is 0 Å². The molecule has 0 amide bonds. The van der Waals surface area contributed by atoms with Gasteiger partial charge in [0.1, 0.15) is 6.10 Å². The van der Waals surface area contributed by atoms with Crippen molar-refractivity contribution in [3.63, 3.8) is 0 Å². The average molecular weight is 248 g/mol. The van der Waals surface area contributed by atoms with Gasteiger partial charge in [-0.25, -0.2) is 0 Å². The molecule has 18 heavy (non-hydrogen) atoms. The fourth-order valence-corrected chi connectivity index (χ4v) is 2.04. The van der Waals surface area contributed by atoms with Crippen LogP contribution in [0.4, 0.5) is 0 Å². The third-order valence-electron chi connectivity index (χ3n) is 3.17. The van der Waals surface area contributed by atoms with Crippen LogP contribution in [0, 0.1) is 0 Å². The molecule has 0 N–H and O–H groups in total. The number of carbonyl (C=O) groups excluding carboxylic acids is 1. The normalized spacial score (nSPS) is 19.7. The minimum absolute atomic E-state index is 0.0248. The van der Waals surface area contributed by atoms with Crippen LogP contribution in [0.25, 0.3) is 0 Å². The highest BCUT2D eigenvalue weighted by Gasteiger charge is 2.23. The molecule has 1 aliphatic heterocycles. The van der Waals surface area contributed by atoms with Crippen molar-refractivity contribution in [1.29, 1.82) is 0 Å². The lowest BCUT2D eigenvalue weighted by molar-refractivity contribution is -0.0719. The van der Waals surface area contributed by atoms with Crippen LogP contribution in [-0.4, -0.2) is 31.7 Å². The molecule has 0 aliphatic carbocycles. The zero-order valence-corrected chi connectivity index (χ0v) is 10.9. The fraction of sp³-hybridized carbons (Fsp3) is 0.533. The molecular weight excluding hydrogens is 228 g/mol. The van der Waals surface area contributed by atoms with E-state index in [0.29, 0.717) is 25.4 Å². The van der Waals surface area contributed by atoms with Gasteiger partial charge in [0.15, 0.2) is 5.78 Å². The molecule has 0 spiro atoms. The summed E-state index contributed by atoms with van der Waals surface area (Å²) in [6.45, 7) is 3.64. The van der Waals surface area contributed by atoms with Gasteiger partial charge in [-0.15, -0.1) is 0 Å². The van der Waals surface area contributed by atoms with Crippen molar-refractivity contribution >= 4 is 5.78 Å². The van der Waals surface area contributed by atoms with Gasteiger partial charge in [-0.2, -0.15) is 0 Å². The first-order valence-corrected chi connectivity index (χ1v) is 6.63. The van der Waals surface area contributed by atoms with E-state index in [2.05, 4.69) is 6.92 Å². The number of ether oxygens (including phenoxy) is 2. The molecule has 1 unspecified atom stereocenters. The van der Waals surface area contributed by atoms with E-state index in [1.165, 1.54) is 18.4 Å². The number of ketones is 1. The molecule has 0 aromatic heterocycles. The number of aryl methyl sites for hydroxylation is 1. The lowest BCUT2D eigenvalue weighted by Gasteiger charge is -2.21. The zero-order chi connectivity index (χ0) is 12.8. The summed E-state index contributed by atoms with van der Waals surface area (Å²) >= 11 is 0. The second-order valence-corrected chi connectivity index (χ2v) is 4.60. The highest BCUT2D eigenvalue weighted by Crippen LogP contribution is 2.13. The monoisotopic (exact) mass is 248 g/mol. The molecule has 1 aromatic carbocycles. The quantitative estimate of drug-likeness (QED) is 0.751. The molecule has 1 fully saturated rings. The number of carbonyl (C=O) groups is 1. The zero-order valence-electron chi connectivity index (χ0n) is 10.9. The summed E-state index contributed by atoms with van der Waals surface area (Å²) < 4.78 is 10.7. The van der Waals surface area contributed by atoms with Gasteiger partial charge in [-0.05, 0) is 18.4 Å². The van der Waals surface area contributed by atoms with Gasteiger partial charge >= 0.3 is 0 Å². The molecule has 3 heteroatoms. The van der Waals surface area contributed by atoms with Gasteiger partial charge in [-0.3, -0.25) is 4.79 Å². The number of unbranched alkanes of at least 4 members (excludes halogenated alkanes) is 1. The first-order valence-electron chi connectivity index (χ1n) is 6.63. The Hall–Kier alpha value is -1.19. The summed E-state index contributed by atoms with van der Waals surface area (Å²) in [5.41, 5.74) is 2.00. The van der Waals surface area contributed by atoms with Gasteiger partial charge < -0.3 is 9.47 Å². The molecule has 1 heterocycles. The molecule has 1 aromatic rings. The molecule has 1 atom stereocenters. The number of hydrogen-bond acceptors (Lipinski definition) is 3. The van der Waals surface area contributed by atoms with E-state index in [1.807, 2.05) is 24.3 Å². The maximum Gasteiger partial charge on any atom is 0.193 e. The number of benzene rings is 1. The van der Waals surface area contributed by atoms with Crippen LogP contribution in [0.15, 0.2) is 24.3 Å². The Balaban J connectivity index is 1.97. The molecule has 2 rings (SSSR count). The van der Waals surface area contributed by atoms with Gasteiger partial charge in [0, 0.05) is 5.56 Å². The average Bonchev–Trinajstić information content (AvgIpc) is 2.46. The Morgan fingerprint density at radius 2 is 2.06 bits per heavy atom. The van der Waals surface area contributed by atoms with E-state index in [9.17, 15) is 4.79 Å². The molecule has 0 saturated carbocycles. The molecule has 3 nitrogen and oxygen atoms in total. The largest absolute Gasteiger partial charge is 0.376 e. The Morgan fingerprint density at radius 3 is 2.67 bits per heavy atom. The fourth-order valence-electron chi connectivity index (χ4n) is 2.04. The van der Waals surface area contributed by atoms with Crippen LogP contribution in [0.5, 0.6) is 0 Å². The summed E-state index contributed by atoms with van der Waals surface area (Å²) in [7, 11) is 0. The van der Waals surface area contributed by atoms with Crippen LogP contribution < -0.4 is 0 Å². The number of hydrogen-bond donors (Lipinski definition) is 0. The van der Waals surface area contributed by atoms with Gasteiger partial charge in [0.2, 0.25) is 0 Å². The highest BCUT2D eigenvalue weighted by molar-refractivity contribution is 5.99. The minimum atomic E-state index is -0.430. The minimum Gasteiger partial charge on any atom is -0.376 e. The van der Waals surface area contributed by atoms with E-state index in [4.69, 9.17) is 9.47 Å². The van der Waals surface area contributed by atoms with Gasteiger partial charge in [-0.1, -0.05) is 37.6 Å². The van der Waals surface area contributed by atoms with Crippen LogP contribution in [-0.2, 0) is 15.9 Å². The Bertz CT molecular complexity index is 377. The lowest BCUT2D eigenvalue weighted by atomic mass is 10.0. The van der Waals surface area contributed by atoms with Crippen molar-refractivity contribution in [2.24, 2.45) is 0 Å². The Kier molecular flexibility index (Phi) is 4.90. The van der Waals surface area contributed by atoms with E-state index in [-0.39, 0.29) is 5.78 Å². The van der Waals surface area contributed by atoms with Crippen molar-refractivity contribution in [3.8, 4) is 0 Å². The molecule has 1 saturated heterocycles. The molecule has 0 bridgehead atoms. The topological polar surface area (TPSA) is 35.5 Å². The molecule has 0 radical (unpaired) electrons. The summed E-state index contributed by atoms with van der Waals surface area (Å²) in [6.07, 6.45) is 3.02. The number of Topliss-reactive ketones (excluding diaryl/α,β-unsaturated/α-hetero) is 1. The van der Waals surface area contributed by atoms with E-state index in [1.54, 1.807) is 0 Å². The maximum absolute atomic E-state index is 12.1. The summed E-state index contributed by atoms with van der Waals surface area (Å²) in [5, 5.41) is 0. The van der Waals surface area contributed by atoms with Crippen LogP contribution in [0.3, 0.4) is 0 Å². The van der Waals surface area contributed by atoms with Crippen molar-refractivity contribution in [2.45, 2.75) is 32.3 Å². The predicted molar refractivity (Wildman–Crippen MR) is 69.9 cm³/mol. The smallest absolute Gasteiger partial charge is 0.193 e. The van der Waals surface area contributed by atoms with Crippen molar-refractivity contribution < 1.29 is 14.3 Å². The van der Waals surface area contributed by atoms with Gasteiger partial charge in [0.25, 0.3) is 0 Å². The number of rotatable bonds is 5. The second-order valence-electron chi connectivity index (χ2n) is 4.60. The van der Waals surface area contributed by atoms with Crippen LogP contribution >= 0.6 is 0 Å². The van der Waals surface area contributed by atoms with Gasteiger partial charge in [0.05, 0.1) is 19.8 Å². The molecular formula is C15H20O3. The third kappa shape index (κ3) is 3.40. The van der Waals surface area contributed by atoms with E-state index in [0.717, 1.165) is 6.42 Å². The standard InChI is InChI=1S/C15H20O3/c1-2-3-4-12-5-7-13(8-6-12)15(16)14-11-17-9-10-18-14/h5-8,14H,2-4,9-11H2,1H3.